The number of carboxylic acids is 1. The third kappa shape index (κ3) is 3.24. The standard InChI is InChI=1S/C16H23NO3/c1-10-8-12(9-13(14(10)17)15(18)19)20-11-4-6-16(2,3)7-5-11/h8-9,11H,4-7,17H2,1-3H3,(H,18,19). The topological polar surface area (TPSA) is 72.5 Å². The zero-order valence-corrected chi connectivity index (χ0v) is 12.4. The molecule has 110 valence electrons. The first kappa shape index (κ1) is 14.7. The summed E-state index contributed by atoms with van der Waals surface area (Å²) in [5.74, 6) is -0.403. The van der Waals surface area contributed by atoms with E-state index < -0.39 is 5.97 Å². The van der Waals surface area contributed by atoms with E-state index in [4.69, 9.17) is 15.6 Å². The average molecular weight is 277 g/mol. The summed E-state index contributed by atoms with van der Waals surface area (Å²) in [7, 11) is 0. The van der Waals surface area contributed by atoms with E-state index in [0.717, 1.165) is 31.2 Å². The van der Waals surface area contributed by atoms with Crippen molar-refractivity contribution in [2.75, 3.05) is 5.73 Å². The second-order valence-corrected chi connectivity index (χ2v) is 6.49. The van der Waals surface area contributed by atoms with Crippen LogP contribution in [0.2, 0.25) is 0 Å². The van der Waals surface area contributed by atoms with Crippen molar-refractivity contribution in [3.8, 4) is 5.75 Å². The van der Waals surface area contributed by atoms with Crippen LogP contribution in [0.25, 0.3) is 0 Å². The molecule has 1 aliphatic rings. The van der Waals surface area contributed by atoms with Crippen molar-refractivity contribution in [3.05, 3.63) is 23.3 Å². The quantitative estimate of drug-likeness (QED) is 0.828. The number of anilines is 1. The zero-order chi connectivity index (χ0) is 14.9. The van der Waals surface area contributed by atoms with Crippen LogP contribution in [-0.4, -0.2) is 17.2 Å². The summed E-state index contributed by atoms with van der Waals surface area (Å²) in [4.78, 5) is 11.2. The van der Waals surface area contributed by atoms with Crippen LogP contribution in [0.3, 0.4) is 0 Å². The van der Waals surface area contributed by atoms with Crippen molar-refractivity contribution >= 4 is 11.7 Å². The molecule has 4 heteroatoms. The highest BCUT2D eigenvalue weighted by Crippen LogP contribution is 2.37. The van der Waals surface area contributed by atoms with E-state index in [1.807, 2.05) is 6.07 Å². The predicted molar refractivity (Wildman–Crippen MR) is 79.2 cm³/mol. The lowest BCUT2D eigenvalue weighted by atomic mass is 9.76. The molecule has 3 N–H and O–H groups in total. The molecule has 0 bridgehead atoms. The van der Waals surface area contributed by atoms with Gasteiger partial charge in [0.25, 0.3) is 0 Å². The third-order valence-electron chi connectivity index (χ3n) is 4.18. The molecular weight excluding hydrogens is 254 g/mol. The molecule has 0 saturated heterocycles. The maximum atomic E-state index is 11.2. The Balaban J connectivity index is 2.13. The van der Waals surface area contributed by atoms with Gasteiger partial charge in [-0.1, -0.05) is 13.8 Å². The van der Waals surface area contributed by atoms with E-state index in [1.54, 1.807) is 6.92 Å². The average Bonchev–Trinajstić information content (AvgIpc) is 2.36. The number of rotatable bonds is 3. The number of carboxylic acid groups (broad SMARTS) is 1. The van der Waals surface area contributed by atoms with Crippen molar-refractivity contribution < 1.29 is 14.6 Å². The minimum atomic E-state index is -1.01. The van der Waals surface area contributed by atoms with Crippen LogP contribution >= 0.6 is 0 Å². The summed E-state index contributed by atoms with van der Waals surface area (Å²) in [5.41, 5.74) is 7.36. The van der Waals surface area contributed by atoms with Crippen LogP contribution in [0.1, 0.15) is 55.5 Å². The summed E-state index contributed by atoms with van der Waals surface area (Å²) in [6.07, 6.45) is 4.47. The molecule has 2 rings (SSSR count). The summed E-state index contributed by atoms with van der Waals surface area (Å²) < 4.78 is 5.96. The van der Waals surface area contributed by atoms with E-state index in [0.29, 0.717) is 16.9 Å². The van der Waals surface area contributed by atoms with Crippen LogP contribution in [0.4, 0.5) is 5.69 Å². The van der Waals surface area contributed by atoms with Gasteiger partial charge in [0.2, 0.25) is 0 Å². The van der Waals surface area contributed by atoms with Crippen molar-refractivity contribution in [2.45, 2.75) is 52.6 Å². The van der Waals surface area contributed by atoms with Gasteiger partial charge in [0, 0.05) is 5.69 Å². The Bertz CT molecular complexity index is 513. The lowest BCUT2D eigenvalue weighted by Gasteiger charge is -2.34. The number of aromatic carboxylic acids is 1. The molecule has 0 aromatic heterocycles. The van der Waals surface area contributed by atoms with Gasteiger partial charge in [-0.2, -0.15) is 0 Å². The van der Waals surface area contributed by atoms with Crippen LogP contribution in [0.5, 0.6) is 5.75 Å². The maximum Gasteiger partial charge on any atom is 0.337 e. The first-order chi connectivity index (χ1) is 9.28. The fraction of sp³-hybridized carbons (Fsp3) is 0.562. The number of ether oxygens (including phenoxy) is 1. The predicted octanol–water partition coefficient (Wildman–Crippen LogP) is 3.62. The normalized spacial score (nSPS) is 18.8. The molecule has 1 saturated carbocycles. The largest absolute Gasteiger partial charge is 0.490 e. The number of hydrogen-bond acceptors (Lipinski definition) is 3. The Hall–Kier alpha value is -1.71. The number of benzene rings is 1. The zero-order valence-electron chi connectivity index (χ0n) is 12.4. The molecule has 0 spiro atoms. The minimum absolute atomic E-state index is 0.121. The summed E-state index contributed by atoms with van der Waals surface area (Å²) >= 11 is 0. The Labute approximate surface area is 119 Å². The van der Waals surface area contributed by atoms with Gasteiger partial charge in [-0.05, 0) is 55.7 Å². The monoisotopic (exact) mass is 277 g/mol. The van der Waals surface area contributed by atoms with E-state index >= 15 is 0 Å². The Morgan fingerprint density at radius 1 is 1.35 bits per heavy atom. The highest BCUT2D eigenvalue weighted by Gasteiger charge is 2.28. The van der Waals surface area contributed by atoms with Crippen molar-refractivity contribution in [1.82, 2.24) is 0 Å². The summed E-state index contributed by atoms with van der Waals surface area (Å²) in [5, 5.41) is 9.15. The molecule has 1 aromatic carbocycles. The fourth-order valence-corrected chi connectivity index (χ4v) is 2.69. The molecule has 0 amide bonds. The fourth-order valence-electron chi connectivity index (χ4n) is 2.69. The molecule has 0 aliphatic heterocycles. The van der Waals surface area contributed by atoms with Crippen LogP contribution in [-0.2, 0) is 0 Å². The highest BCUT2D eigenvalue weighted by molar-refractivity contribution is 5.95. The molecule has 0 atom stereocenters. The third-order valence-corrected chi connectivity index (χ3v) is 4.18. The Morgan fingerprint density at radius 2 is 1.95 bits per heavy atom. The maximum absolute atomic E-state index is 11.2. The number of aryl methyl sites for hydroxylation is 1. The highest BCUT2D eigenvalue weighted by atomic mass is 16.5. The first-order valence-corrected chi connectivity index (χ1v) is 7.08. The van der Waals surface area contributed by atoms with Crippen LogP contribution in [0.15, 0.2) is 12.1 Å². The molecule has 0 unspecified atom stereocenters. The van der Waals surface area contributed by atoms with E-state index in [-0.39, 0.29) is 11.7 Å². The van der Waals surface area contributed by atoms with Gasteiger partial charge in [-0.3, -0.25) is 0 Å². The first-order valence-electron chi connectivity index (χ1n) is 7.08. The molecule has 0 radical (unpaired) electrons. The molecule has 1 aromatic rings. The van der Waals surface area contributed by atoms with Gasteiger partial charge in [0.1, 0.15) is 5.75 Å². The van der Waals surface area contributed by atoms with Gasteiger partial charge in [0.05, 0.1) is 11.7 Å². The molecule has 1 aliphatic carbocycles. The smallest absolute Gasteiger partial charge is 0.337 e. The Morgan fingerprint density at radius 3 is 2.50 bits per heavy atom. The van der Waals surface area contributed by atoms with Gasteiger partial charge < -0.3 is 15.6 Å². The molecule has 20 heavy (non-hydrogen) atoms. The van der Waals surface area contributed by atoms with Crippen molar-refractivity contribution in [1.29, 1.82) is 0 Å². The van der Waals surface area contributed by atoms with E-state index in [9.17, 15) is 4.79 Å². The lowest BCUT2D eigenvalue weighted by molar-refractivity contribution is 0.0695. The van der Waals surface area contributed by atoms with Crippen molar-refractivity contribution in [2.24, 2.45) is 5.41 Å². The number of nitrogen functional groups attached to an aromatic ring is 1. The molecular formula is C16H23NO3. The van der Waals surface area contributed by atoms with Gasteiger partial charge >= 0.3 is 5.97 Å². The summed E-state index contributed by atoms with van der Waals surface area (Å²) in [6.45, 7) is 6.36. The number of carbonyl (C=O) groups is 1. The second-order valence-electron chi connectivity index (χ2n) is 6.49. The number of nitrogens with two attached hydrogens (primary N) is 1. The van der Waals surface area contributed by atoms with Gasteiger partial charge in [-0.25, -0.2) is 4.79 Å². The molecule has 4 nitrogen and oxygen atoms in total. The van der Waals surface area contributed by atoms with Crippen molar-refractivity contribution in [3.63, 3.8) is 0 Å². The SMILES string of the molecule is Cc1cc(OC2CCC(C)(C)CC2)cc(C(=O)O)c1N. The minimum Gasteiger partial charge on any atom is -0.490 e. The van der Waals surface area contributed by atoms with Gasteiger partial charge in [-0.15, -0.1) is 0 Å². The second kappa shape index (κ2) is 5.35. The van der Waals surface area contributed by atoms with Crippen LogP contribution < -0.4 is 10.5 Å². The van der Waals surface area contributed by atoms with Gasteiger partial charge in [0.15, 0.2) is 0 Å². The number of hydrogen-bond donors (Lipinski definition) is 2. The van der Waals surface area contributed by atoms with Crippen LogP contribution in [0, 0.1) is 12.3 Å². The summed E-state index contributed by atoms with van der Waals surface area (Å²) in [6, 6.07) is 3.35. The molecule has 0 heterocycles. The lowest BCUT2D eigenvalue weighted by Crippen LogP contribution is -2.28. The van der Waals surface area contributed by atoms with E-state index in [2.05, 4.69) is 13.8 Å². The molecule has 1 fully saturated rings. The Kier molecular flexibility index (Phi) is 3.93. The van der Waals surface area contributed by atoms with E-state index in [1.165, 1.54) is 6.07 Å².